The molecule has 1 nitrogen and oxygen atoms in total. The van der Waals surface area contributed by atoms with Crippen LogP contribution in [0.5, 0.6) is 0 Å². The smallest absolute Gasteiger partial charge is 0.178 e. The molecule has 0 bridgehead atoms. The third-order valence-electron chi connectivity index (χ3n) is 2.56. The van der Waals surface area contributed by atoms with E-state index in [2.05, 4.69) is 0 Å². The zero-order chi connectivity index (χ0) is 10.8. The summed E-state index contributed by atoms with van der Waals surface area (Å²) in [6.07, 6.45) is 0. The second kappa shape index (κ2) is 4.03. The number of halogens is 1. The highest BCUT2D eigenvalue weighted by Crippen LogP contribution is 2.22. The van der Waals surface area contributed by atoms with Gasteiger partial charge in [0.05, 0.1) is 5.88 Å². The Morgan fingerprint density at radius 2 is 1.80 bits per heavy atom. The largest absolute Gasteiger partial charge is 0.293 e. The molecular weight excluding hydrogens is 208 g/mol. The highest BCUT2D eigenvalue weighted by atomic mass is 35.5. The van der Waals surface area contributed by atoms with Crippen molar-refractivity contribution in [1.82, 2.24) is 0 Å². The van der Waals surface area contributed by atoms with E-state index in [4.69, 9.17) is 11.6 Å². The van der Waals surface area contributed by atoms with E-state index in [1.807, 2.05) is 43.3 Å². The second-order valence-corrected chi connectivity index (χ2v) is 3.80. The average Bonchev–Trinajstić information content (AvgIpc) is 2.29. The second-order valence-electron chi connectivity index (χ2n) is 3.53. The molecule has 0 fully saturated rings. The third-order valence-corrected chi connectivity index (χ3v) is 2.81. The number of aryl methyl sites for hydroxylation is 1. The number of benzene rings is 2. The summed E-state index contributed by atoms with van der Waals surface area (Å²) in [5.41, 5.74) is 1.89. The van der Waals surface area contributed by atoms with Gasteiger partial charge in [-0.3, -0.25) is 4.79 Å². The number of hydrogen-bond acceptors (Lipinski definition) is 1. The number of hydrogen-bond donors (Lipinski definition) is 0. The molecule has 0 spiro atoms. The Labute approximate surface area is 93.7 Å². The van der Waals surface area contributed by atoms with Crippen LogP contribution in [-0.2, 0) is 0 Å². The van der Waals surface area contributed by atoms with Crippen LogP contribution < -0.4 is 0 Å². The summed E-state index contributed by atoms with van der Waals surface area (Å²) in [7, 11) is 0. The lowest BCUT2D eigenvalue weighted by molar-refractivity contribution is 0.102. The van der Waals surface area contributed by atoms with Gasteiger partial charge in [0.2, 0.25) is 0 Å². The summed E-state index contributed by atoms with van der Waals surface area (Å²) in [6, 6.07) is 11.7. The van der Waals surface area contributed by atoms with Crippen molar-refractivity contribution in [2.75, 3.05) is 5.88 Å². The summed E-state index contributed by atoms with van der Waals surface area (Å²) in [5.74, 6) is 0.0143. The van der Waals surface area contributed by atoms with E-state index in [1.165, 1.54) is 5.56 Å². The Morgan fingerprint density at radius 3 is 2.47 bits per heavy atom. The maximum atomic E-state index is 11.6. The number of carbonyl (C=O) groups is 1. The Morgan fingerprint density at radius 1 is 1.13 bits per heavy atom. The Kier molecular flexibility index (Phi) is 2.74. The molecule has 0 unspecified atom stereocenters. The summed E-state index contributed by atoms with van der Waals surface area (Å²) in [6.45, 7) is 2.04. The highest BCUT2D eigenvalue weighted by Gasteiger charge is 2.09. The number of rotatable bonds is 2. The van der Waals surface area contributed by atoms with Crippen molar-refractivity contribution in [2.45, 2.75) is 6.92 Å². The number of ketones is 1. The fraction of sp³-hybridized carbons (Fsp3) is 0.154. The zero-order valence-corrected chi connectivity index (χ0v) is 9.21. The molecule has 0 heterocycles. The molecule has 0 atom stereocenters. The first-order chi connectivity index (χ1) is 7.24. The number of alkyl halides is 1. The van der Waals surface area contributed by atoms with E-state index >= 15 is 0 Å². The van der Waals surface area contributed by atoms with E-state index < -0.39 is 0 Å². The fourth-order valence-electron chi connectivity index (χ4n) is 1.76. The minimum atomic E-state index is -0.0205. The van der Waals surface area contributed by atoms with Crippen LogP contribution in [-0.4, -0.2) is 11.7 Å². The Balaban J connectivity index is 2.77. The number of Topliss-reactive ketones (excluding diaryl/α,β-unsaturated/α-hetero) is 1. The summed E-state index contributed by atoms with van der Waals surface area (Å²) in [4.78, 5) is 11.6. The van der Waals surface area contributed by atoms with E-state index in [0.717, 1.165) is 10.8 Å². The van der Waals surface area contributed by atoms with Gasteiger partial charge in [-0.1, -0.05) is 36.4 Å². The van der Waals surface area contributed by atoms with Crippen LogP contribution in [0.3, 0.4) is 0 Å². The fourth-order valence-corrected chi connectivity index (χ4v) is 1.91. The first-order valence-electron chi connectivity index (χ1n) is 4.81. The van der Waals surface area contributed by atoms with E-state index in [9.17, 15) is 4.79 Å². The summed E-state index contributed by atoms with van der Waals surface area (Å²) < 4.78 is 0. The van der Waals surface area contributed by atoms with Crippen molar-refractivity contribution in [2.24, 2.45) is 0 Å². The van der Waals surface area contributed by atoms with Gasteiger partial charge in [-0.15, -0.1) is 11.6 Å². The van der Waals surface area contributed by atoms with Gasteiger partial charge in [-0.25, -0.2) is 0 Å². The zero-order valence-electron chi connectivity index (χ0n) is 8.46. The van der Waals surface area contributed by atoms with Gasteiger partial charge in [0.15, 0.2) is 5.78 Å². The molecule has 0 aliphatic carbocycles. The third kappa shape index (κ3) is 1.75. The van der Waals surface area contributed by atoms with Gasteiger partial charge in [0.1, 0.15) is 0 Å². The number of fused-ring (bicyclic) bond motifs is 1. The van der Waals surface area contributed by atoms with Gasteiger partial charge in [0, 0.05) is 5.56 Å². The summed E-state index contributed by atoms with van der Waals surface area (Å²) in [5, 5.41) is 2.11. The van der Waals surface area contributed by atoms with Crippen molar-refractivity contribution < 1.29 is 4.79 Å². The molecule has 2 heteroatoms. The number of carbonyl (C=O) groups excluding carboxylic acids is 1. The maximum Gasteiger partial charge on any atom is 0.178 e. The van der Waals surface area contributed by atoms with Crippen LogP contribution in [0.25, 0.3) is 10.8 Å². The predicted octanol–water partition coefficient (Wildman–Crippen LogP) is 3.57. The lowest BCUT2D eigenvalue weighted by Gasteiger charge is -2.06. The molecule has 15 heavy (non-hydrogen) atoms. The van der Waals surface area contributed by atoms with Gasteiger partial charge < -0.3 is 0 Å². The minimum absolute atomic E-state index is 0.0205. The monoisotopic (exact) mass is 218 g/mol. The lowest BCUT2D eigenvalue weighted by Crippen LogP contribution is -2.01. The molecule has 0 saturated heterocycles. The van der Waals surface area contributed by atoms with Crippen molar-refractivity contribution >= 4 is 28.2 Å². The summed E-state index contributed by atoms with van der Waals surface area (Å²) >= 11 is 5.58. The van der Waals surface area contributed by atoms with E-state index in [1.54, 1.807) is 0 Å². The molecule has 2 rings (SSSR count). The van der Waals surface area contributed by atoms with Gasteiger partial charge in [0.25, 0.3) is 0 Å². The molecule has 2 aromatic carbocycles. The normalized spacial score (nSPS) is 10.5. The molecule has 0 aromatic heterocycles. The van der Waals surface area contributed by atoms with Crippen LogP contribution in [0.1, 0.15) is 15.9 Å². The van der Waals surface area contributed by atoms with Crippen molar-refractivity contribution in [3.05, 3.63) is 47.5 Å². The lowest BCUT2D eigenvalue weighted by atomic mass is 9.98. The Hall–Kier alpha value is -1.34. The quantitative estimate of drug-likeness (QED) is 0.556. The Bertz CT molecular complexity index is 517. The molecule has 0 saturated carbocycles. The van der Waals surface area contributed by atoms with Crippen LogP contribution in [0, 0.1) is 6.92 Å². The first kappa shape index (κ1) is 10.2. The maximum absolute atomic E-state index is 11.6. The van der Waals surface area contributed by atoms with Crippen LogP contribution >= 0.6 is 11.6 Å². The van der Waals surface area contributed by atoms with E-state index in [0.29, 0.717) is 5.56 Å². The molecule has 0 radical (unpaired) electrons. The van der Waals surface area contributed by atoms with E-state index in [-0.39, 0.29) is 11.7 Å². The van der Waals surface area contributed by atoms with Gasteiger partial charge >= 0.3 is 0 Å². The van der Waals surface area contributed by atoms with Crippen LogP contribution in [0.15, 0.2) is 36.4 Å². The topological polar surface area (TPSA) is 17.1 Å². The standard InChI is InChI=1S/C13H11ClO/c1-9-6-7-12(13(15)8-14)11-5-3-2-4-10(9)11/h2-7H,8H2,1H3. The molecular formula is C13H11ClO. The van der Waals surface area contributed by atoms with Crippen LogP contribution in [0.2, 0.25) is 0 Å². The molecule has 0 amide bonds. The van der Waals surface area contributed by atoms with Crippen molar-refractivity contribution in [1.29, 1.82) is 0 Å². The minimum Gasteiger partial charge on any atom is -0.293 e. The van der Waals surface area contributed by atoms with Crippen LogP contribution in [0.4, 0.5) is 0 Å². The van der Waals surface area contributed by atoms with Crippen molar-refractivity contribution in [3.63, 3.8) is 0 Å². The SMILES string of the molecule is Cc1ccc(C(=O)CCl)c2ccccc12. The molecule has 0 aliphatic rings. The molecule has 0 N–H and O–H groups in total. The molecule has 2 aromatic rings. The van der Waals surface area contributed by atoms with Gasteiger partial charge in [-0.2, -0.15) is 0 Å². The average molecular weight is 219 g/mol. The van der Waals surface area contributed by atoms with Crippen molar-refractivity contribution in [3.8, 4) is 0 Å². The highest BCUT2D eigenvalue weighted by molar-refractivity contribution is 6.32. The molecule has 76 valence electrons. The first-order valence-corrected chi connectivity index (χ1v) is 5.35. The van der Waals surface area contributed by atoms with Gasteiger partial charge in [-0.05, 0) is 23.3 Å². The predicted molar refractivity (Wildman–Crippen MR) is 63.7 cm³/mol. The molecule has 0 aliphatic heterocycles.